The summed E-state index contributed by atoms with van der Waals surface area (Å²) in [6.45, 7) is 1.94. The van der Waals surface area contributed by atoms with E-state index in [4.69, 9.17) is 9.52 Å². The van der Waals surface area contributed by atoms with E-state index in [1.54, 1.807) is 11.6 Å². The van der Waals surface area contributed by atoms with E-state index in [9.17, 15) is 0 Å². The minimum Gasteiger partial charge on any atom is -0.493 e. The van der Waals surface area contributed by atoms with Gasteiger partial charge in [-0.2, -0.15) is 4.98 Å². The van der Waals surface area contributed by atoms with E-state index in [0.717, 1.165) is 16.3 Å². The van der Waals surface area contributed by atoms with Crippen LogP contribution in [0.5, 0.6) is 5.88 Å². The van der Waals surface area contributed by atoms with Crippen LogP contribution in [0.2, 0.25) is 0 Å². The molecule has 0 spiro atoms. The number of rotatable bonds is 1. The first-order chi connectivity index (χ1) is 5.77. The van der Waals surface area contributed by atoms with E-state index in [1.165, 1.54) is 11.3 Å². The molecular weight excluding hydrogens is 174 g/mol. The topological polar surface area (TPSA) is 46.3 Å². The molecule has 0 fully saturated rings. The summed E-state index contributed by atoms with van der Waals surface area (Å²) < 4.78 is 5.20. The van der Waals surface area contributed by atoms with Crippen LogP contribution in [0.25, 0.3) is 10.8 Å². The summed E-state index contributed by atoms with van der Waals surface area (Å²) in [4.78, 5) is 3.89. The normalized spacial score (nSPS) is 10.4. The fourth-order valence-corrected chi connectivity index (χ4v) is 1.69. The minimum absolute atomic E-state index is 0.0470. The summed E-state index contributed by atoms with van der Waals surface area (Å²) in [6, 6.07) is 1.87. The van der Waals surface area contributed by atoms with Crippen LogP contribution in [0, 0.1) is 6.92 Å². The summed E-state index contributed by atoms with van der Waals surface area (Å²) in [5.41, 5.74) is 1.03. The smallest absolute Gasteiger partial charge is 0.222 e. The lowest BCUT2D eigenvalue weighted by molar-refractivity contribution is 0.457. The van der Waals surface area contributed by atoms with Crippen molar-refractivity contribution in [3.05, 3.63) is 23.3 Å². The van der Waals surface area contributed by atoms with Crippen LogP contribution in [-0.2, 0) is 0 Å². The van der Waals surface area contributed by atoms with E-state index in [0.29, 0.717) is 0 Å². The number of hydrogen-bond donors (Lipinski definition) is 1. The third-order valence-corrected chi connectivity index (χ3v) is 2.38. The number of furan rings is 1. The fourth-order valence-electron chi connectivity index (χ4n) is 0.961. The van der Waals surface area contributed by atoms with E-state index in [1.807, 2.05) is 13.0 Å². The highest BCUT2D eigenvalue weighted by Crippen LogP contribution is 2.29. The molecule has 0 unspecified atom stereocenters. The maximum Gasteiger partial charge on any atom is 0.222 e. The van der Waals surface area contributed by atoms with E-state index in [-0.39, 0.29) is 5.88 Å². The van der Waals surface area contributed by atoms with Gasteiger partial charge < -0.3 is 9.52 Å². The Morgan fingerprint density at radius 2 is 2.42 bits per heavy atom. The molecule has 0 aliphatic rings. The predicted octanol–water partition coefficient (Wildman–Crippen LogP) is 2.42. The number of aromatic nitrogens is 1. The second-order valence-electron chi connectivity index (χ2n) is 2.44. The minimum atomic E-state index is 0.0470. The molecule has 2 rings (SSSR count). The van der Waals surface area contributed by atoms with Crippen LogP contribution in [0.3, 0.4) is 0 Å². The highest BCUT2D eigenvalue weighted by molar-refractivity contribution is 7.13. The first kappa shape index (κ1) is 7.36. The van der Waals surface area contributed by atoms with E-state index >= 15 is 0 Å². The summed E-state index contributed by atoms with van der Waals surface area (Å²) in [5, 5.41) is 11.3. The highest BCUT2D eigenvalue weighted by Gasteiger charge is 2.09. The zero-order valence-corrected chi connectivity index (χ0v) is 7.26. The average Bonchev–Trinajstić information content (AvgIpc) is 2.58. The van der Waals surface area contributed by atoms with Crippen LogP contribution in [-0.4, -0.2) is 10.1 Å². The number of nitrogens with zero attached hydrogens (tertiary/aromatic N) is 1. The molecule has 62 valence electrons. The third kappa shape index (κ3) is 1.10. The van der Waals surface area contributed by atoms with Crippen LogP contribution >= 0.6 is 11.3 Å². The van der Waals surface area contributed by atoms with Crippen LogP contribution in [0.15, 0.2) is 22.1 Å². The predicted molar refractivity (Wildman–Crippen MR) is 46.2 cm³/mol. The molecule has 0 atom stereocenters. The fraction of sp³-hybridized carbons (Fsp3) is 0.125. The Balaban J connectivity index is 2.50. The molecule has 3 nitrogen and oxygen atoms in total. The first-order valence-corrected chi connectivity index (χ1v) is 4.34. The Kier molecular flexibility index (Phi) is 1.62. The van der Waals surface area contributed by atoms with Gasteiger partial charge in [0.25, 0.3) is 0 Å². The molecule has 2 aromatic rings. The monoisotopic (exact) mass is 181 g/mol. The zero-order valence-electron chi connectivity index (χ0n) is 6.44. The Labute approximate surface area is 73.3 Å². The van der Waals surface area contributed by atoms with Crippen molar-refractivity contribution in [1.29, 1.82) is 0 Å². The summed E-state index contributed by atoms with van der Waals surface area (Å²) in [7, 11) is 0. The third-order valence-electron chi connectivity index (χ3n) is 1.55. The molecule has 0 saturated heterocycles. The Morgan fingerprint density at radius 3 is 2.92 bits per heavy atom. The van der Waals surface area contributed by atoms with Gasteiger partial charge in [-0.3, -0.25) is 0 Å². The van der Waals surface area contributed by atoms with Crippen LogP contribution in [0.4, 0.5) is 0 Å². The number of hydrogen-bond acceptors (Lipinski definition) is 4. The van der Waals surface area contributed by atoms with Gasteiger partial charge in [0.2, 0.25) is 5.88 Å². The Bertz CT molecular complexity index is 391. The van der Waals surface area contributed by atoms with Crippen molar-refractivity contribution in [3.8, 4) is 16.6 Å². The summed E-state index contributed by atoms with van der Waals surface area (Å²) >= 11 is 1.37. The molecule has 0 bridgehead atoms. The summed E-state index contributed by atoms with van der Waals surface area (Å²) in [5.74, 6) is 0.783. The largest absolute Gasteiger partial charge is 0.493 e. The average molecular weight is 181 g/mol. The van der Waals surface area contributed by atoms with Gasteiger partial charge in [0.15, 0.2) is 10.8 Å². The Hall–Kier alpha value is -1.29. The second-order valence-corrected chi connectivity index (χ2v) is 3.30. The van der Waals surface area contributed by atoms with Crippen LogP contribution < -0.4 is 0 Å². The number of thiazole rings is 1. The van der Waals surface area contributed by atoms with Crippen molar-refractivity contribution in [2.24, 2.45) is 0 Å². The highest BCUT2D eigenvalue weighted by atomic mass is 32.1. The standard InChI is InChI=1S/C8H7NO2S/c1-5-2-3-11-7(5)8-9-6(10)4-12-8/h2-4,10H,1H3. The van der Waals surface area contributed by atoms with Gasteiger partial charge in [0.05, 0.1) is 11.6 Å². The molecule has 2 heterocycles. The van der Waals surface area contributed by atoms with Crippen molar-refractivity contribution in [2.45, 2.75) is 6.92 Å². The molecule has 1 N–H and O–H groups in total. The van der Waals surface area contributed by atoms with E-state index in [2.05, 4.69) is 4.98 Å². The molecule has 0 aliphatic carbocycles. The molecule has 0 saturated carbocycles. The van der Waals surface area contributed by atoms with Gasteiger partial charge in [0, 0.05) is 0 Å². The van der Waals surface area contributed by atoms with Gasteiger partial charge in [-0.15, -0.1) is 11.3 Å². The van der Waals surface area contributed by atoms with Crippen molar-refractivity contribution < 1.29 is 9.52 Å². The molecule has 4 heteroatoms. The molecule has 2 aromatic heterocycles. The maximum absolute atomic E-state index is 9.00. The van der Waals surface area contributed by atoms with E-state index < -0.39 is 0 Å². The van der Waals surface area contributed by atoms with Crippen molar-refractivity contribution in [3.63, 3.8) is 0 Å². The van der Waals surface area contributed by atoms with Gasteiger partial charge in [-0.25, -0.2) is 0 Å². The van der Waals surface area contributed by atoms with Gasteiger partial charge in [-0.1, -0.05) is 0 Å². The lowest BCUT2D eigenvalue weighted by Gasteiger charge is -1.89. The first-order valence-electron chi connectivity index (χ1n) is 3.46. The van der Waals surface area contributed by atoms with Gasteiger partial charge >= 0.3 is 0 Å². The molecule has 12 heavy (non-hydrogen) atoms. The molecular formula is C8H7NO2S. The molecule has 0 aliphatic heterocycles. The molecule has 0 radical (unpaired) electrons. The SMILES string of the molecule is Cc1ccoc1-c1nc(O)cs1. The number of aryl methyl sites for hydroxylation is 1. The molecule has 0 amide bonds. The van der Waals surface area contributed by atoms with Crippen molar-refractivity contribution in [1.82, 2.24) is 4.98 Å². The lowest BCUT2D eigenvalue weighted by Crippen LogP contribution is -1.73. The lowest BCUT2D eigenvalue weighted by atomic mass is 10.3. The van der Waals surface area contributed by atoms with Crippen molar-refractivity contribution >= 4 is 11.3 Å². The number of aromatic hydroxyl groups is 1. The molecule has 0 aromatic carbocycles. The second kappa shape index (κ2) is 2.64. The van der Waals surface area contributed by atoms with Crippen molar-refractivity contribution in [2.75, 3.05) is 0 Å². The van der Waals surface area contributed by atoms with Gasteiger partial charge in [-0.05, 0) is 18.6 Å². The Morgan fingerprint density at radius 1 is 1.58 bits per heavy atom. The maximum atomic E-state index is 9.00. The van der Waals surface area contributed by atoms with Crippen LogP contribution in [0.1, 0.15) is 5.56 Å². The van der Waals surface area contributed by atoms with Gasteiger partial charge in [0.1, 0.15) is 0 Å². The zero-order chi connectivity index (χ0) is 8.55. The quantitative estimate of drug-likeness (QED) is 0.734. The summed E-state index contributed by atoms with van der Waals surface area (Å²) in [6.07, 6.45) is 1.61.